The van der Waals surface area contributed by atoms with Gasteiger partial charge in [-0.25, -0.2) is 0 Å². The number of hydrogen-bond acceptors (Lipinski definition) is 5. The van der Waals surface area contributed by atoms with Gasteiger partial charge in [-0.1, -0.05) is 52.9 Å². The molecule has 0 spiro atoms. The molecule has 2 aromatic rings. The molecule has 0 unspecified atom stereocenters. The van der Waals surface area contributed by atoms with Crippen LogP contribution in [0.25, 0.3) is 0 Å². The van der Waals surface area contributed by atoms with Gasteiger partial charge in [0.2, 0.25) is 0 Å². The summed E-state index contributed by atoms with van der Waals surface area (Å²) in [7, 11) is 0. The summed E-state index contributed by atoms with van der Waals surface area (Å²) in [6, 6.07) is 15.1. The second-order valence-electron chi connectivity index (χ2n) is 6.81. The van der Waals surface area contributed by atoms with Crippen LogP contribution < -0.4 is 4.74 Å². The second kappa shape index (κ2) is 11.2. The van der Waals surface area contributed by atoms with E-state index in [-0.39, 0.29) is 24.6 Å². The molecule has 152 valence electrons. The van der Waals surface area contributed by atoms with Gasteiger partial charge in [0, 0.05) is 35.9 Å². The summed E-state index contributed by atoms with van der Waals surface area (Å²) in [6.45, 7) is 1.30. The van der Waals surface area contributed by atoms with Crippen LogP contribution in [0, 0.1) is 0 Å². The van der Waals surface area contributed by atoms with Crippen molar-refractivity contribution in [3.05, 3.63) is 59.7 Å². The Hall–Kier alpha value is -2.06. The average molecular weight is 505 g/mol. The second-order valence-corrected chi connectivity index (χ2v) is 7.89. The predicted octanol–water partition coefficient (Wildman–Crippen LogP) is 4.50. The lowest BCUT2D eigenvalue weighted by Crippen LogP contribution is -2.15. The first-order valence-electron chi connectivity index (χ1n) is 9.72. The zero-order valence-electron chi connectivity index (χ0n) is 16.2. The lowest BCUT2D eigenvalue weighted by Gasteiger charge is -2.12. The van der Waals surface area contributed by atoms with Crippen LogP contribution in [0.1, 0.15) is 30.4 Å². The number of hydrogen-bond donors (Lipinski definition) is 0. The van der Waals surface area contributed by atoms with Crippen molar-refractivity contribution < 1.29 is 19.1 Å². The number of alkyl halides is 1. The number of ether oxygens (including phenoxy) is 2. The molecule has 1 heterocycles. The molecule has 0 N–H and O–H groups in total. The molecule has 0 radical (unpaired) electrons. The van der Waals surface area contributed by atoms with Crippen molar-refractivity contribution in [2.75, 3.05) is 24.2 Å². The third-order valence-electron chi connectivity index (χ3n) is 4.55. The molecule has 3 rings (SSSR count). The molecule has 29 heavy (non-hydrogen) atoms. The molecule has 0 saturated heterocycles. The van der Waals surface area contributed by atoms with Crippen molar-refractivity contribution in [2.45, 2.75) is 25.7 Å². The standard InChI is InChI=1S/C23H24INO4/c24-11-13-28-12-5-7-18(26)16-29-23-10-4-2-8-20(23)22-15-19(27)14-17-6-1-3-9-21(17)25-22/h1-4,6,8-10H,5,7,11-16H2. The summed E-state index contributed by atoms with van der Waals surface area (Å²) >= 11 is 2.25. The Morgan fingerprint density at radius 1 is 1.03 bits per heavy atom. The Morgan fingerprint density at radius 3 is 2.69 bits per heavy atom. The number of aliphatic imine (C=N–C) groups is 1. The number of nitrogens with zero attached hydrogens (tertiary/aromatic N) is 1. The van der Waals surface area contributed by atoms with Crippen LogP contribution in [0.5, 0.6) is 5.75 Å². The molecule has 1 aliphatic heterocycles. The fraction of sp³-hybridized carbons (Fsp3) is 0.348. The molecule has 0 atom stereocenters. The number of halogens is 1. The summed E-state index contributed by atoms with van der Waals surface area (Å²) < 4.78 is 12.2. The lowest BCUT2D eigenvalue weighted by atomic mass is 10.0. The summed E-state index contributed by atoms with van der Waals surface area (Å²) in [5.74, 6) is 0.723. The first-order valence-corrected chi connectivity index (χ1v) is 11.2. The highest BCUT2D eigenvalue weighted by Crippen LogP contribution is 2.28. The highest BCUT2D eigenvalue weighted by Gasteiger charge is 2.20. The molecule has 0 amide bonds. The van der Waals surface area contributed by atoms with Gasteiger partial charge in [-0.3, -0.25) is 14.6 Å². The normalized spacial score (nSPS) is 13.4. The minimum absolute atomic E-state index is 0.00110. The molecule has 2 aromatic carbocycles. The Bertz CT molecular complexity index is 894. The largest absolute Gasteiger partial charge is 0.485 e. The summed E-state index contributed by atoms with van der Waals surface area (Å²) in [5.41, 5.74) is 3.18. The smallest absolute Gasteiger partial charge is 0.170 e. The van der Waals surface area contributed by atoms with Gasteiger partial charge >= 0.3 is 0 Å². The van der Waals surface area contributed by atoms with Gasteiger partial charge in [0.1, 0.15) is 18.1 Å². The SMILES string of the molecule is O=C(CCCOCCI)COc1ccccc1C1=Nc2ccccc2CC(=O)C1. The van der Waals surface area contributed by atoms with Gasteiger partial charge in [0.05, 0.1) is 18.0 Å². The molecular weight excluding hydrogens is 481 g/mol. The number of Topliss-reactive ketones (excluding diaryl/α,β-unsaturated/α-hetero) is 2. The van der Waals surface area contributed by atoms with E-state index in [1.807, 2.05) is 48.5 Å². The molecule has 6 heteroatoms. The Balaban J connectivity index is 1.68. The average Bonchev–Trinajstić information content (AvgIpc) is 2.90. The highest BCUT2D eigenvalue weighted by molar-refractivity contribution is 14.1. The van der Waals surface area contributed by atoms with E-state index in [1.54, 1.807) is 0 Å². The number of fused-ring (bicyclic) bond motifs is 1. The maximum atomic E-state index is 12.4. The van der Waals surface area contributed by atoms with Gasteiger partial charge in [0.15, 0.2) is 5.78 Å². The van der Waals surface area contributed by atoms with Crippen LogP contribution >= 0.6 is 22.6 Å². The summed E-state index contributed by atoms with van der Waals surface area (Å²) in [4.78, 5) is 29.3. The minimum Gasteiger partial charge on any atom is -0.485 e. The van der Waals surface area contributed by atoms with Crippen LogP contribution in [0.3, 0.4) is 0 Å². The molecule has 0 fully saturated rings. The number of rotatable bonds is 10. The number of carbonyl (C=O) groups is 2. The van der Waals surface area contributed by atoms with Gasteiger partial charge in [-0.2, -0.15) is 0 Å². The number of para-hydroxylation sites is 2. The zero-order valence-corrected chi connectivity index (χ0v) is 18.4. The zero-order chi connectivity index (χ0) is 20.5. The Morgan fingerprint density at radius 2 is 1.83 bits per heavy atom. The van der Waals surface area contributed by atoms with Crippen LogP contribution in [0.4, 0.5) is 5.69 Å². The Labute approximate surface area is 184 Å². The van der Waals surface area contributed by atoms with E-state index in [9.17, 15) is 9.59 Å². The van der Waals surface area contributed by atoms with Crippen molar-refractivity contribution in [2.24, 2.45) is 4.99 Å². The molecule has 0 aliphatic carbocycles. The topological polar surface area (TPSA) is 65.0 Å². The monoisotopic (exact) mass is 505 g/mol. The van der Waals surface area contributed by atoms with Gasteiger partial charge in [-0.05, 0) is 30.2 Å². The molecule has 5 nitrogen and oxygen atoms in total. The number of ketones is 2. The third kappa shape index (κ3) is 6.47. The van der Waals surface area contributed by atoms with E-state index in [0.717, 1.165) is 21.2 Å². The Kier molecular flexibility index (Phi) is 8.37. The van der Waals surface area contributed by atoms with E-state index < -0.39 is 0 Å². The number of benzene rings is 2. The lowest BCUT2D eigenvalue weighted by molar-refractivity contribution is -0.121. The van der Waals surface area contributed by atoms with Gasteiger partial charge in [0.25, 0.3) is 0 Å². The first-order chi connectivity index (χ1) is 14.2. The van der Waals surface area contributed by atoms with Crippen LogP contribution in [-0.4, -0.2) is 41.5 Å². The first kappa shape index (κ1) is 21.6. The van der Waals surface area contributed by atoms with E-state index >= 15 is 0 Å². The summed E-state index contributed by atoms with van der Waals surface area (Å²) in [6.07, 6.45) is 1.75. The third-order valence-corrected chi connectivity index (χ3v) is 4.99. The van der Waals surface area contributed by atoms with Crippen LogP contribution in [0.15, 0.2) is 53.5 Å². The van der Waals surface area contributed by atoms with Gasteiger partial charge in [-0.15, -0.1) is 0 Å². The minimum atomic E-state index is 0.00110. The van der Waals surface area contributed by atoms with Crippen LogP contribution in [-0.2, 0) is 20.7 Å². The predicted molar refractivity (Wildman–Crippen MR) is 122 cm³/mol. The van der Waals surface area contributed by atoms with E-state index in [4.69, 9.17) is 14.5 Å². The molecule has 0 bridgehead atoms. The molecule has 0 aromatic heterocycles. The fourth-order valence-corrected chi connectivity index (χ4v) is 3.47. The van der Waals surface area contributed by atoms with Crippen LogP contribution in [0.2, 0.25) is 0 Å². The maximum Gasteiger partial charge on any atom is 0.170 e. The highest BCUT2D eigenvalue weighted by atomic mass is 127. The summed E-state index contributed by atoms with van der Waals surface area (Å²) in [5, 5.41) is 0. The maximum absolute atomic E-state index is 12.4. The quantitative estimate of drug-likeness (QED) is 0.271. The molecule has 0 saturated carbocycles. The molecular formula is C23H24INO4. The molecule has 1 aliphatic rings. The van der Waals surface area contributed by atoms with Crippen molar-refractivity contribution in [3.63, 3.8) is 0 Å². The number of carbonyl (C=O) groups excluding carboxylic acids is 2. The van der Waals surface area contributed by atoms with E-state index in [0.29, 0.717) is 43.9 Å². The van der Waals surface area contributed by atoms with Gasteiger partial charge < -0.3 is 9.47 Å². The van der Waals surface area contributed by atoms with E-state index in [1.165, 1.54) is 0 Å². The van der Waals surface area contributed by atoms with Crippen molar-refractivity contribution >= 4 is 45.6 Å². The van der Waals surface area contributed by atoms with E-state index in [2.05, 4.69) is 22.6 Å². The van der Waals surface area contributed by atoms with Crippen molar-refractivity contribution in [1.82, 2.24) is 0 Å². The van der Waals surface area contributed by atoms with Crippen molar-refractivity contribution in [3.8, 4) is 5.75 Å². The van der Waals surface area contributed by atoms with Crippen molar-refractivity contribution in [1.29, 1.82) is 0 Å². The fourth-order valence-electron chi connectivity index (χ4n) is 3.16.